The number of aryl methyl sites for hydroxylation is 1. The van der Waals surface area contributed by atoms with E-state index in [9.17, 15) is 4.39 Å². The molecule has 1 saturated carbocycles. The van der Waals surface area contributed by atoms with Crippen molar-refractivity contribution in [3.63, 3.8) is 0 Å². The lowest BCUT2D eigenvalue weighted by atomic mass is 9.95. The fraction of sp³-hybridized carbons (Fsp3) is 0.360. The second-order valence-corrected chi connectivity index (χ2v) is 8.97. The molecule has 3 aromatic rings. The van der Waals surface area contributed by atoms with Gasteiger partial charge in [0.25, 0.3) is 0 Å². The average molecular weight is 435 g/mol. The van der Waals surface area contributed by atoms with Gasteiger partial charge in [0.05, 0.1) is 23.5 Å². The van der Waals surface area contributed by atoms with E-state index in [-0.39, 0.29) is 17.9 Å². The van der Waals surface area contributed by atoms with Gasteiger partial charge in [-0.2, -0.15) is 0 Å². The van der Waals surface area contributed by atoms with Crippen LogP contribution in [-0.4, -0.2) is 25.6 Å². The van der Waals surface area contributed by atoms with Crippen molar-refractivity contribution in [2.75, 3.05) is 0 Å². The minimum atomic E-state index is -0.218. The molecule has 0 radical (unpaired) electrons. The van der Waals surface area contributed by atoms with Crippen LogP contribution >= 0.6 is 12.2 Å². The lowest BCUT2D eigenvalue weighted by Gasteiger charge is -2.33. The van der Waals surface area contributed by atoms with E-state index in [2.05, 4.69) is 34.3 Å². The van der Waals surface area contributed by atoms with E-state index in [0.29, 0.717) is 11.7 Å². The van der Waals surface area contributed by atoms with Crippen LogP contribution in [0.2, 0.25) is 0 Å². The van der Waals surface area contributed by atoms with Gasteiger partial charge in [-0.1, -0.05) is 31.0 Å². The molecule has 2 fully saturated rings. The van der Waals surface area contributed by atoms with E-state index < -0.39 is 0 Å². The molecule has 1 aromatic carbocycles. The zero-order chi connectivity index (χ0) is 21.5. The fourth-order valence-electron chi connectivity index (χ4n) is 5.36. The maximum atomic E-state index is 14.7. The Morgan fingerprint density at radius 1 is 1.06 bits per heavy atom. The molecule has 2 aliphatic rings. The van der Waals surface area contributed by atoms with Crippen molar-refractivity contribution in [1.82, 2.24) is 19.8 Å². The van der Waals surface area contributed by atoms with E-state index in [1.165, 1.54) is 24.5 Å². The smallest absolute Gasteiger partial charge is 0.170 e. The number of nitrogens with zero attached hydrogens (tertiary/aromatic N) is 3. The molecule has 1 saturated heterocycles. The molecule has 1 N–H and O–H groups in total. The van der Waals surface area contributed by atoms with Gasteiger partial charge in [0.1, 0.15) is 5.82 Å². The summed E-state index contributed by atoms with van der Waals surface area (Å²) in [5.74, 6) is -0.218. The Morgan fingerprint density at radius 3 is 2.52 bits per heavy atom. The Balaban J connectivity index is 1.65. The van der Waals surface area contributed by atoms with Crippen LogP contribution in [-0.2, 0) is 0 Å². The van der Waals surface area contributed by atoms with E-state index >= 15 is 0 Å². The predicted octanol–water partition coefficient (Wildman–Crippen LogP) is 5.54. The molecule has 1 aliphatic heterocycles. The number of aromatic nitrogens is 2. The highest BCUT2D eigenvalue weighted by atomic mass is 32.1. The Labute approximate surface area is 188 Å². The van der Waals surface area contributed by atoms with Gasteiger partial charge in [0.2, 0.25) is 0 Å². The summed E-state index contributed by atoms with van der Waals surface area (Å²) in [6.45, 7) is 4.12. The molecular formula is C25H27FN4S. The Bertz CT molecular complexity index is 1100. The van der Waals surface area contributed by atoms with Crippen LogP contribution in [0.5, 0.6) is 0 Å². The number of thiocarbonyl (C=S) groups is 1. The van der Waals surface area contributed by atoms with Crippen molar-refractivity contribution < 1.29 is 4.39 Å². The first kappa shape index (κ1) is 20.2. The van der Waals surface area contributed by atoms with Crippen molar-refractivity contribution in [3.05, 3.63) is 83.2 Å². The number of halogens is 1. The zero-order valence-electron chi connectivity index (χ0n) is 17.9. The Kier molecular flexibility index (Phi) is 5.26. The predicted molar refractivity (Wildman–Crippen MR) is 125 cm³/mol. The molecule has 0 bridgehead atoms. The second-order valence-electron chi connectivity index (χ2n) is 8.59. The number of hydrogen-bond acceptors (Lipinski definition) is 2. The van der Waals surface area contributed by atoms with Gasteiger partial charge >= 0.3 is 0 Å². The molecule has 3 heterocycles. The summed E-state index contributed by atoms with van der Waals surface area (Å²) in [6.07, 6.45) is 6.61. The summed E-state index contributed by atoms with van der Waals surface area (Å²) >= 11 is 5.85. The molecular weight excluding hydrogens is 407 g/mol. The van der Waals surface area contributed by atoms with E-state index in [0.717, 1.165) is 35.0 Å². The number of pyridine rings is 1. The van der Waals surface area contributed by atoms with Crippen molar-refractivity contribution in [1.29, 1.82) is 0 Å². The molecule has 160 valence electrons. The monoisotopic (exact) mass is 434 g/mol. The van der Waals surface area contributed by atoms with Gasteiger partial charge < -0.3 is 14.8 Å². The number of hydrogen-bond donors (Lipinski definition) is 1. The van der Waals surface area contributed by atoms with Gasteiger partial charge in [-0.15, -0.1) is 0 Å². The van der Waals surface area contributed by atoms with Crippen LogP contribution in [0.15, 0.2) is 54.7 Å². The maximum absolute atomic E-state index is 14.7. The molecule has 2 aromatic heterocycles. The Morgan fingerprint density at radius 2 is 1.81 bits per heavy atom. The molecule has 0 unspecified atom stereocenters. The van der Waals surface area contributed by atoms with Gasteiger partial charge in [0.15, 0.2) is 5.11 Å². The van der Waals surface area contributed by atoms with Crippen molar-refractivity contribution in [2.24, 2.45) is 0 Å². The molecule has 4 nitrogen and oxygen atoms in total. The van der Waals surface area contributed by atoms with Crippen molar-refractivity contribution >= 4 is 17.3 Å². The lowest BCUT2D eigenvalue weighted by Crippen LogP contribution is -2.37. The van der Waals surface area contributed by atoms with Gasteiger partial charge in [0, 0.05) is 23.6 Å². The number of para-hydroxylation sites is 1. The van der Waals surface area contributed by atoms with E-state index in [4.69, 9.17) is 12.2 Å². The summed E-state index contributed by atoms with van der Waals surface area (Å²) in [5.41, 5.74) is 4.80. The molecule has 2 atom stereocenters. The number of benzene rings is 1. The standard InChI is InChI=1S/C25H27FN4S/c1-16-15-19(17(2)29(16)22-13-6-5-11-20(22)26)24-23(21-12-7-8-14-27-21)28-25(31)30(24)18-9-3-4-10-18/h5-8,11-15,18,23-24H,3-4,9-10H2,1-2H3,(H,28,31)/t23-,24-/m1/s1. The summed E-state index contributed by atoms with van der Waals surface area (Å²) in [5, 5.41) is 4.36. The third-order valence-corrected chi connectivity index (χ3v) is 7.06. The first-order chi connectivity index (χ1) is 15.1. The number of rotatable bonds is 4. The second kappa shape index (κ2) is 8.08. The average Bonchev–Trinajstić information content (AvgIpc) is 3.47. The minimum absolute atomic E-state index is 0.0252. The van der Waals surface area contributed by atoms with E-state index in [1.807, 2.05) is 42.0 Å². The lowest BCUT2D eigenvalue weighted by molar-refractivity contribution is 0.245. The van der Waals surface area contributed by atoms with Crippen LogP contribution < -0.4 is 5.32 Å². The topological polar surface area (TPSA) is 33.1 Å². The largest absolute Gasteiger partial charge is 0.352 e. The SMILES string of the molecule is Cc1cc([C@@H]2[C@@H](c3ccccn3)NC(=S)N2C2CCCC2)c(C)n1-c1ccccc1F. The summed E-state index contributed by atoms with van der Waals surface area (Å²) in [4.78, 5) is 7.05. The molecule has 5 rings (SSSR count). The fourth-order valence-corrected chi connectivity index (χ4v) is 5.75. The summed E-state index contributed by atoms with van der Waals surface area (Å²) < 4.78 is 16.7. The van der Waals surface area contributed by atoms with Crippen LogP contribution in [0.3, 0.4) is 0 Å². The van der Waals surface area contributed by atoms with Crippen molar-refractivity contribution in [3.8, 4) is 5.69 Å². The molecule has 0 spiro atoms. The van der Waals surface area contributed by atoms with Crippen LogP contribution in [0.1, 0.15) is 60.4 Å². The van der Waals surface area contributed by atoms with Crippen LogP contribution in [0, 0.1) is 19.7 Å². The highest BCUT2D eigenvalue weighted by Crippen LogP contribution is 2.44. The summed E-state index contributed by atoms with van der Waals surface area (Å²) in [6, 6.07) is 15.6. The van der Waals surface area contributed by atoms with E-state index in [1.54, 1.807) is 6.07 Å². The van der Waals surface area contributed by atoms with Crippen LogP contribution in [0.25, 0.3) is 5.69 Å². The first-order valence-electron chi connectivity index (χ1n) is 11.0. The zero-order valence-corrected chi connectivity index (χ0v) is 18.7. The quantitative estimate of drug-likeness (QED) is 0.546. The van der Waals surface area contributed by atoms with Crippen molar-refractivity contribution in [2.45, 2.75) is 57.7 Å². The van der Waals surface area contributed by atoms with Crippen LogP contribution in [0.4, 0.5) is 4.39 Å². The van der Waals surface area contributed by atoms with Gasteiger partial charge in [-0.3, -0.25) is 4.98 Å². The summed E-state index contributed by atoms with van der Waals surface area (Å²) in [7, 11) is 0. The van der Waals surface area contributed by atoms with Gasteiger partial charge in [-0.25, -0.2) is 4.39 Å². The highest BCUT2D eigenvalue weighted by Gasteiger charge is 2.44. The molecule has 6 heteroatoms. The molecule has 0 amide bonds. The molecule has 31 heavy (non-hydrogen) atoms. The normalized spacial score (nSPS) is 21.6. The third-order valence-electron chi connectivity index (χ3n) is 6.74. The molecule has 1 aliphatic carbocycles. The van der Waals surface area contributed by atoms with Gasteiger partial charge in [-0.05, 0) is 74.8 Å². The maximum Gasteiger partial charge on any atom is 0.170 e. The highest BCUT2D eigenvalue weighted by molar-refractivity contribution is 7.80. The first-order valence-corrected chi connectivity index (χ1v) is 11.4. The third kappa shape index (κ3) is 3.43. The number of nitrogens with one attached hydrogen (secondary N) is 1. The Hall–Kier alpha value is -2.73. The minimum Gasteiger partial charge on any atom is -0.352 e.